The zero-order valence-electron chi connectivity index (χ0n) is 19.5. The van der Waals surface area contributed by atoms with Crippen molar-refractivity contribution in [2.24, 2.45) is 0 Å². The Morgan fingerprint density at radius 3 is 2.67 bits per heavy atom. The first-order valence-electron chi connectivity index (χ1n) is 11.5. The van der Waals surface area contributed by atoms with Crippen LogP contribution in [0.1, 0.15) is 51.7 Å². The molecular weight excluding hydrogens is 430 g/mol. The van der Waals surface area contributed by atoms with Gasteiger partial charge in [0.05, 0.1) is 12.0 Å². The van der Waals surface area contributed by atoms with Gasteiger partial charge in [0.2, 0.25) is 5.91 Å². The molecule has 5 nitrogen and oxygen atoms in total. The smallest absolute Gasteiger partial charge is 0.254 e. The van der Waals surface area contributed by atoms with Gasteiger partial charge in [0.1, 0.15) is 0 Å². The van der Waals surface area contributed by atoms with E-state index in [0.29, 0.717) is 12.1 Å². The number of carbonyl (C=O) groups is 2. The molecule has 0 spiro atoms. The number of rotatable bonds is 8. The summed E-state index contributed by atoms with van der Waals surface area (Å²) < 4.78 is 0. The minimum Gasteiger partial charge on any atom is -0.372 e. The van der Waals surface area contributed by atoms with E-state index in [2.05, 4.69) is 48.3 Å². The van der Waals surface area contributed by atoms with E-state index in [0.717, 1.165) is 30.0 Å². The van der Waals surface area contributed by atoms with Crippen molar-refractivity contribution in [3.63, 3.8) is 0 Å². The molecule has 0 bridgehead atoms. The lowest BCUT2D eigenvalue weighted by molar-refractivity contribution is -0.124. The second-order valence-electron chi connectivity index (χ2n) is 8.50. The maximum absolute atomic E-state index is 13.5. The molecule has 4 rings (SSSR count). The lowest BCUT2D eigenvalue weighted by Gasteiger charge is -2.39. The zero-order valence-corrected chi connectivity index (χ0v) is 20.3. The maximum atomic E-state index is 13.5. The number of nitrogens with one attached hydrogen (secondary N) is 1. The molecule has 2 heterocycles. The molecule has 0 radical (unpaired) electrons. The summed E-state index contributed by atoms with van der Waals surface area (Å²) in [6.45, 7) is 6.63. The minimum absolute atomic E-state index is 0.0289. The highest BCUT2D eigenvalue weighted by molar-refractivity contribution is 7.10. The Morgan fingerprint density at radius 2 is 1.94 bits per heavy atom. The van der Waals surface area contributed by atoms with Gasteiger partial charge in [0.25, 0.3) is 5.91 Å². The van der Waals surface area contributed by atoms with Crippen LogP contribution in [0.3, 0.4) is 0 Å². The number of hydrogen-bond donors (Lipinski definition) is 1. The topological polar surface area (TPSA) is 52.7 Å². The van der Waals surface area contributed by atoms with E-state index >= 15 is 0 Å². The number of nitrogens with zero attached hydrogens (tertiary/aromatic N) is 2. The van der Waals surface area contributed by atoms with Crippen LogP contribution in [0.25, 0.3) is 0 Å². The van der Waals surface area contributed by atoms with E-state index in [1.807, 2.05) is 41.8 Å². The van der Waals surface area contributed by atoms with Gasteiger partial charge in [-0.15, -0.1) is 11.3 Å². The van der Waals surface area contributed by atoms with Gasteiger partial charge in [-0.05, 0) is 61.0 Å². The lowest BCUT2D eigenvalue weighted by atomic mass is 9.81. The van der Waals surface area contributed by atoms with Crippen molar-refractivity contribution >= 4 is 28.8 Å². The van der Waals surface area contributed by atoms with E-state index in [-0.39, 0.29) is 17.9 Å². The van der Waals surface area contributed by atoms with Crippen LogP contribution in [0.15, 0.2) is 66.0 Å². The molecule has 0 unspecified atom stereocenters. The Bertz CT molecular complexity index is 1110. The van der Waals surface area contributed by atoms with Crippen LogP contribution in [-0.2, 0) is 4.79 Å². The fourth-order valence-electron chi connectivity index (χ4n) is 4.66. The monoisotopic (exact) mass is 461 g/mol. The summed E-state index contributed by atoms with van der Waals surface area (Å²) in [5, 5.41) is 5.16. The molecule has 2 atom stereocenters. The Hall–Kier alpha value is -3.12. The molecule has 6 heteroatoms. The van der Waals surface area contributed by atoms with Gasteiger partial charge in [0.15, 0.2) is 0 Å². The van der Waals surface area contributed by atoms with Gasteiger partial charge in [-0.3, -0.25) is 9.59 Å². The molecule has 0 saturated heterocycles. The standard InChI is InChI=1S/C27H31N3O2S/c1-4-30(20-11-7-10-19(2)18-20)16-9-15-28-26(31)24-21-12-5-6-13-22(21)27(32)29(3)25(24)23-14-8-17-33-23/h5-8,10-14,17-18,24-25H,4,9,15-16H2,1-3H3,(H,28,31)/t24-,25+/m1/s1. The van der Waals surface area contributed by atoms with Crippen molar-refractivity contribution < 1.29 is 9.59 Å². The van der Waals surface area contributed by atoms with Crippen LogP contribution >= 0.6 is 11.3 Å². The Balaban J connectivity index is 1.47. The van der Waals surface area contributed by atoms with Crippen molar-refractivity contribution in [2.75, 3.05) is 31.6 Å². The minimum atomic E-state index is -0.429. The number of aryl methyl sites for hydroxylation is 1. The van der Waals surface area contributed by atoms with Crippen molar-refractivity contribution in [3.8, 4) is 0 Å². The van der Waals surface area contributed by atoms with E-state index in [4.69, 9.17) is 0 Å². The fourth-order valence-corrected chi connectivity index (χ4v) is 5.56. The van der Waals surface area contributed by atoms with Crippen LogP contribution in [-0.4, -0.2) is 43.4 Å². The Morgan fingerprint density at radius 1 is 1.12 bits per heavy atom. The third-order valence-electron chi connectivity index (χ3n) is 6.35. The summed E-state index contributed by atoms with van der Waals surface area (Å²) in [7, 11) is 1.80. The highest BCUT2D eigenvalue weighted by Crippen LogP contribution is 2.43. The Labute approximate surface area is 200 Å². The molecule has 2 aromatic carbocycles. The van der Waals surface area contributed by atoms with Gasteiger partial charge in [-0.25, -0.2) is 0 Å². The molecule has 3 aromatic rings. The van der Waals surface area contributed by atoms with Gasteiger partial charge < -0.3 is 15.1 Å². The quantitative estimate of drug-likeness (QED) is 0.480. The molecule has 1 N–H and O–H groups in total. The molecular formula is C27H31N3O2S. The number of anilines is 1. The van der Waals surface area contributed by atoms with E-state index < -0.39 is 5.92 Å². The maximum Gasteiger partial charge on any atom is 0.254 e. The number of amides is 2. The molecule has 2 amide bonds. The largest absolute Gasteiger partial charge is 0.372 e. The molecule has 0 aliphatic carbocycles. The van der Waals surface area contributed by atoms with E-state index in [9.17, 15) is 9.59 Å². The summed E-state index contributed by atoms with van der Waals surface area (Å²) in [5.74, 6) is -0.495. The number of benzene rings is 2. The number of thiophene rings is 1. The van der Waals surface area contributed by atoms with Crippen LogP contribution in [0.2, 0.25) is 0 Å². The van der Waals surface area contributed by atoms with Crippen molar-refractivity contribution in [1.29, 1.82) is 0 Å². The number of carbonyl (C=O) groups excluding carboxylic acids is 2. The molecule has 0 fully saturated rings. The van der Waals surface area contributed by atoms with Gasteiger partial charge in [-0.1, -0.05) is 36.4 Å². The molecule has 1 aliphatic rings. The SMILES string of the molecule is CCN(CCCNC(=O)[C@@H]1c2ccccc2C(=O)N(C)[C@H]1c1cccs1)c1cccc(C)c1. The van der Waals surface area contributed by atoms with Gasteiger partial charge in [-0.2, -0.15) is 0 Å². The summed E-state index contributed by atoms with van der Waals surface area (Å²) in [4.78, 5) is 31.6. The van der Waals surface area contributed by atoms with Crippen LogP contribution in [0.5, 0.6) is 0 Å². The summed E-state index contributed by atoms with van der Waals surface area (Å²) in [6, 6.07) is 19.7. The molecule has 0 saturated carbocycles. The first-order valence-corrected chi connectivity index (χ1v) is 12.4. The molecule has 172 valence electrons. The first kappa shape index (κ1) is 23.1. The molecule has 33 heavy (non-hydrogen) atoms. The van der Waals surface area contributed by atoms with Crippen LogP contribution in [0, 0.1) is 6.92 Å². The lowest BCUT2D eigenvalue weighted by Crippen LogP contribution is -2.45. The molecule has 1 aliphatic heterocycles. The van der Waals surface area contributed by atoms with Crippen molar-refractivity contribution in [3.05, 3.63) is 87.6 Å². The van der Waals surface area contributed by atoms with Gasteiger partial charge in [0, 0.05) is 42.8 Å². The average molecular weight is 462 g/mol. The zero-order chi connectivity index (χ0) is 23.4. The normalized spacial score (nSPS) is 17.5. The van der Waals surface area contributed by atoms with Crippen LogP contribution < -0.4 is 10.2 Å². The summed E-state index contributed by atoms with van der Waals surface area (Å²) in [6.07, 6.45) is 0.848. The fraction of sp³-hybridized carbons (Fsp3) is 0.333. The summed E-state index contributed by atoms with van der Waals surface area (Å²) in [5.41, 5.74) is 3.88. The second kappa shape index (κ2) is 10.2. The third kappa shape index (κ3) is 4.81. The summed E-state index contributed by atoms with van der Waals surface area (Å²) >= 11 is 1.58. The van der Waals surface area contributed by atoms with E-state index in [1.54, 1.807) is 23.3 Å². The molecule has 1 aromatic heterocycles. The number of likely N-dealkylation sites (N-methyl/N-ethyl adjacent to an activating group) is 1. The Kier molecular flexibility index (Phi) is 7.14. The van der Waals surface area contributed by atoms with E-state index in [1.165, 1.54) is 11.3 Å². The van der Waals surface area contributed by atoms with Crippen molar-refractivity contribution in [1.82, 2.24) is 10.2 Å². The predicted octanol–water partition coefficient (Wildman–Crippen LogP) is 5.00. The van der Waals surface area contributed by atoms with Gasteiger partial charge >= 0.3 is 0 Å². The predicted molar refractivity (Wildman–Crippen MR) is 135 cm³/mol. The highest BCUT2D eigenvalue weighted by Gasteiger charge is 2.42. The third-order valence-corrected chi connectivity index (χ3v) is 7.29. The second-order valence-corrected chi connectivity index (χ2v) is 9.48. The van der Waals surface area contributed by atoms with Crippen LogP contribution in [0.4, 0.5) is 5.69 Å². The average Bonchev–Trinajstić information content (AvgIpc) is 3.35. The van der Waals surface area contributed by atoms with Crippen molar-refractivity contribution in [2.45, 2.75) is 32.2 Å². The highest BCUT2D eigenvalue weighted by atomic mass is 32.1. The number of hydrogen-bond acceptors (Lipinski definition) is 4. The number of fused-ring (bicyclic) bond motifs is 1. The first-order chi connectivity index (χ1) is 16.0.